The van der Waals surface area contributed by atoms with E-state index in [0.29, 0.717) is 6.54 Å². The van der Waals surface area contributed by atoms with Crippen LogP contribution in [0.5, 0.6) is 0 Å². The molecule has 2 aromatic rings. The number of amides is 1. The summed E-state index contributed by atoms with van der Waals surface area (Å²) >= 11 is 0. The number of nitrogens with one attached hydrogen (secondary N) is 2. The van der Waals surface area contributed by atoms with Crippen LogP contribution < -0.4 is 15.9 Å². The van der Waals surface area contributed by atoms with Crippen LogP contribution in [0.1, 0.15) is 31.4 Å². The number of hydrogen-bond acceptors (Lipinski definition) is 2. The van der Waals surface area contributed by atoms with Crippen LogP contribution in [0.2, 0.25) is 0 Å². The van der Waals surface area contributed by atoms with Crippen molar-refractivity contribution in [1.82, 2.24) is 10.3 Å². The molecule has 3 rings (SSSR count). The fourth-order valence-electron chi connectivity index (χ4n) is 3.48. The van der Waals surface area contributed by atoms with E-state index in [9.17, 15) is 4.79 Å². The third-order valence-electron chi connectivity index (χ3n) is 4.69. The van der Waals surface area contributed by atoms with Gasteiger partial charge in [-0.3, -0.25) is 4.79 Å². The lowest BCUT2D eigenvalue weighted by Gasteiger charge is -2.10. The Labute approximate surface area is 141 Å². The highest BCUT2D eigenvalue weighted by Gasteiger charge is 2.19. The van der Waals surface area contributed by atoms with Crippen LogP contribution in [0.15, 0.2) is 24.3 Å². The van der Waals surface area contributed by atoms with Crippen LogP contribution in [-0.2, 0) is 17.6 Å². The molecule has 1 amide bonds. The Morgan fingerprint density at radius 3 is 2.83 bits per heavy atom. The maximum atomic E-state index is 12.2. The molecule has 24 heavy (non-hydrogen) atoms. The van der Waals surface area contributed by atoms with Crippen molar-refractivity contribution >= 4 is 17.6 Å². The normalized spacial score (nSPS) is 15.2. The lowest BCUT2D eigenvalue weighted by atomic mass is 9.96. The van der Waals surface area contributed by atoms with E-state index in [4.69, 9.17) is 5.11 Å². The Hall–Kier alpha value is -2.33. The van der Waals surface area contributed by atoms with Crippen molar-refractivity contribution in [2.75, 3.05) is 13.2 Å². The summed E-state index contributed by atoms with van der Waals surface area (Å²) in [4.78, 5) is 15.7. The first-order valence-corrected chi connectivity index (χ1v) is 8.52. The number of fused-ring (bicyclic) bond motifs is 1. The van der Waals surface area contributed by atoms with Gasteiger partial charge >= 0.3 is 0 Å². The summed E-state index contributed by atoms with van der Waals surface area (Å²) in [5.74, 6) is 0.0102. The van der Waals surface area contributed by atoms with Crippen LogP contribution >= 0.6 is 0 Å². The van der Waals surface area contributed by atoms with Gasteiger partial charge in [0.1, 0.15) is 0 Å². The highest BCUT2D eigenvalue weighted by atomic mass is 16.2. The molecule has 2 heterocycles. The fraction of sp³-hybridized carbons (Fsp3) is 0.350. The lowest BCUT2D eigenvalue weighted by molar-refractivity contribution is -0.115. The molecule has 3 N–H and O–H groups in total. The van der Waals surface area contributed by atoms with Crippen molar-refractivity contribution in [3.8, 4) is 11.3 Å². The number of rotatable bonds is 4. The minimum Gasteiger partial charge on any atom is -0.396 e. The lowest BCUT2D eigenvalue weighted by Crippen LogP contribution is -2.30. The van der Waals surface area contributed by atoms with Crippen LogP contribution in [0, 0.1) is 0 Å². The van der Waals surface area contributed by atoms with E-state index in [-0.39, 0.29) is 12.5 Å². The highest BCUT2D eigenvalue weighted by Crippen LogP contribution is 2.25. The van der Waals surface area contributed by atoms with Gasteiger partial charge in [-0.2, -0.15) is 0 Å². The Morgan fingerprint density at radius 2 is 2.08 bits per heavy atom. The maximum Gasteiger partial charge on any atom is 0.247 e. The van der Waals surface area contributed by atoms with Crippen molar-refractivity contribution in [1.29, 1.82) is 0 Å². The molecule has 0 atom stereocenters. The van der Waals surface area contributed by atoms with Crippen molar-refractivity contribution in [3.05, 3.63) is 46.0 Å². The van der Waals surface area contributed by atoms with Crippen molar-refractivity contribution in [3.63, 3.8) is 0 Å². The highest BCUT2D eigenvalue weighted by molar-refractivity contribution is 6.13. The second kappa shape index (κ2) is 7.05. The number of carbonyl (C=O) groups excluding carboxylic acids is 1. The molecule has 4 nitrogen and oxygen atoms in total. The van der Waals surface area contributed by atoms with Gasteiger partial charge in [-0.15, -0.1) is 0 Å². The van der Waals surface area contributed by atoms with E-state index in [2.05, 4.69) is 22.4 Å². The molecule has 1 aromatic heterocycles. The van der Waals surface area contributed by atoms with Gasteiger partial charge in [-0.05, 0) is 44.2 Å². The summed E-state index contributed by atoms with van der Waals surface area (Å²) in [6.45, 7) is 4.72. The second-order valence-electron chi connectivity index (χ2n) is 6.17. The number of H-pyrrole nitrogens is 1. The third kappa shape index (κ3) is 2.89. The number of benzene rings is 1. The molecule has 0 radical (unpaired) electrons. The molecule has 0 fully saturated rings. The molecular formula is C20H24N2O2. The molecule has 0 spiro atoms. The van der Waals surface area contributed by atoms with E-state index in [1.807, 2.05) is 32.1 Å². The number of aliphatic hydroxyl groups is 1. The molecule has 1 aromatic carbocycles. The van der Waals surface area contributed by atoms with Gasteiger partial charge in [-0.25, -0.2) is 0 Å². The summed E-state index contributed by atoms with van der Waals surface area (Å²) < 4.78 is 0. The summed E-state index contributed by atoms with van der Waals surface area (Å²) in [6.07, 6.45) is 4.43. The van der Waals surface area contributed by atoms with Crippen LogP contribution in [-0.4, -0.2) is 29.1 Å². The average molecular weight is 324 g/mol. The summed E-state index contributed by atoms with van der Waals surface area (Å²) in [5, 5.41) is 14.2. The largest absolute Gasteiger partial charge is 0.396 e. The van der Waals surface area contributed by atoms with Gasteiger partial charge in [0.05, 0.1) is 5.69 Å². The molecule has 0 aliphatic carbocycles. The molecule has 1 aliphatic rings. The minimum atomic E-state index is 0.0102. The smallest absolute Gasteiger partial charge is 0.247 e. The monoisotopic (exact) mass is 324 g/mol. The Morgan fingerprint density at radius 1 is 1.29 bits per heavy atom. The Kier molecular flexibility index (Phi) is 4.86. The fourth-order valence-corrected chi connectivity index (χ4v) is 3.48. The standard InChI is InChI=1S/C20H24N2O2/c1-3-17-18-13(2)20(24)21-11-10-16(18)19(22-17)15-9-5-4-7-14(15)8-6-12-23/h3-5,7,9,22-23H,6,8,10-12H2,1-2H3,(H,21,24)/b17-3+. The number of hydrogen-bond donors (Lipinski definition) is 3. The summed E-state index contributed by atoms with van der Waals surface area (Å²) in [6, 6.07) is 8.31. The van der Waals surface area contributed by atoms with E-state index in [1.54, 1.807) is 0 Å². The van der Waals surface area contributed by atoms with Gasteiger partial charge in [0.2, 0.25) is 5.91 Å². The van der Waals surface area contributed by atoms with E-state index < -0.39 is 0 Å². The zero-order valence-electron chi connectivity index (χ0n) is 14.3. The molecule has 0 unspecified atom stereocenters. The van der Waals surface area contributed by atoms with Crippen LogP contribution in [0.4, 0.5) is 0 Å². The van der Waals surface area contributed by atoms with E-state index in [1.165, 1.54) is 11.1 Å². The molecular weight excluding hydrogens is 300 g/mol. The van der Waals surface area contributed by atoms with Crippen LogP contribution in [0.25, 0.3) is 22.9 Å². The molecule has 0 saturated carbocycles. The predicted octanol–water partition coefficient (Wildman–Crippen LogP) is 1.25. The SMILES string of the molecule is C/C=c1/[nH]c(-c2ccccc2CCCO)c2c1=C(C)C(=O)NCC2. The van der Waals surface area contributed by atoms with E-state index in [0.717, 1.165) is 46.7 Å². The summed E-state index contributed by atoms with van der Waals surface area (Å²) in [7, 11) is 0. The van der Waals surface area contributed by atoms with Gasteiger partial charge in [0.15, 0.2) is 0 Å². The molecule has 4 heteroatoms. The molecule has 0 saturated heterocycles. The Balaban J connectivity index is 2.26. The molecule has 126 valence electrons. The number of aryl methyl sites for hydroxylation is 1. The number of aromatic amines is 1. The number of aliphatic hydroxyl groups excluding tert-OH is 1. The molecule has 0 bridgehead atoms. The van der Waals surface area contributed by atoms with Gasteiger partial charge in [0, 0.05) is 34.9 Å². The van der Waals surface area contributed by atoms with Gasteiger partial charge in [-0.1, -0.05) is 30.3 Å². The maximum absolute atomic E-state index is 12.2. The predicted molar refractivity (Wildman–Crippen MR) is 96.8 cm³/mol. The number of carbonyl (C=O) groups is 1. The quantitative estimate of drug-likeness (QED) is 0.792. The molecule has 1 aliphatic heterocycles. The second-order valence-corrected chi connectivity index (χ2v) is 6.17. The minimum absolute atomic E-state index is 0.0102. The van der Waals surface area contributed by atoms with Crippen molar-refractivity contribution in [2.24, 2.45) is 0 Å². The number of aromatic nitrogens is 1. The first-order valence-electron chi connectivity index (χ1n) is 8.52. The van der Waals surface area contributed by atoms with Crippen molar-refractivity contribution in [2.45, 2.75) is 33.1 Å². The van der Waals surface area contributed by atoms with Crippen LogP contribution in [0.3, 0.4) is 0 Å². The van der Waals surface area contributed by atoms with Gasteiger partial charge in [0.25, 0.3) is 0 Å². The average Bonchev–Trinajstić information content (AvgIpc) is 2.90. The first kappa shape index (κ1) is 16.5. The van der Waals surface area contributed by atoms with Gasteiger partial charge < -0.3 is 15.4 Å². The van der Waals surface area contributed by atoms with E-state index >= 15 is 0 Å². The first-order chi connectivity index (χ1) is 11.7. The zero-order valence-corrected chi connectivity index (χ0v) is 14.3. The Bertz CT molecular complexity index is 878. The third-order valence-corrected chi connectivity index (χ3v) is 4.69. The zero-order chi connectivity index (χ0) is 17.1. The summed E-state index contributed by atoms with van der Waals surface area (Å²) in [5.41, 5.74) is 5.46. The topological polar surface area (TPSA) is 65.1 Å². The van der Waals surface area contributed by atoms with Crippen molar-refractivity contribution < 1.29 is 9.90 Å².